The molecule has 2 amide bonds. The molecule has 0 spiro atoms. The number of amides is 2. The Hall–Kier alpha value is -1.89. The van der Waals surface area contributed by atoms with Crippen molar-refractivity contribution in [3.63, 3.8) is 0 Å². The summed E-state index contributed by atoms with van der Waals surface area (Å²) in [5.41, 5.74) is 0. The van der Waals surface area contributed by atoms with Gasteiger partial charge in [0.05, 0.1) is 7.11 Å². The molecule has 0 aromatic rings. The third-order valence-corrected chi connectivity index (χ3v) is 12.3. The Balaban J connectivity index is 3.00. The van der Waals surface area contributed by atoms with Gasteiger partial charge in [0.1, 0.15) is 12.6 Å². The van der Waals surface area contributed by atoms with E-state index in [1.54, 1.807) is 0 Å². The fraction of sp³-hybridized carbons (Fsp3) is 0.898. The van der Waals surface area contributed by atoms with Crippen LogP contribution in [0.15, 0.2) is 12.2 Å². The van der Waals surface area contributed by atoms with Crippen LogP contribution in [0.4, 0.5) is 0 Å². The van der Waals surface area contributed by atoms with Crippen LogP contribution in [-0.4, -0.2) is 74.0 Å². The molecular formula is C49H93N3O4. The second kappa shape index (κ2) is 37.4. The lowest BCUT2D eigenvalue weighted by Gasteiger charge is -2.38. The van der Waals surface area contributed by atoms with Crippen molar-refractivity contribution < 1.29 is 19.1 Å². The number of methoxy groups -OCH3 is 1. The van der Waals surface area contributed by atoms with Gasteiger partial charge in [-0.25, -0.2) is 0 Å². The number of ether oxygens (including phenoxy) is 1. The van der Waals surface area contributed by atoms with E-state index >= 15 is 0 Å². The van der Waals surface area contributed by atoms with Gasteiger partial charge in [-0.1, -0.05) is 168 Å². The van der Waals surface area contributed by atoms with Crippen molar-refractivity contribution >= 4 is 17.8 Å². The minimum Gasteiger partial charge on any atom is -0.468 e. The van der Waals surface area contributed by atoms with Crippen molar-refractivity contribution in [2.45, 2.75) is 232 Å². The van der Waals surface area contributed by atoms with E-state index in [9.17, 15) is 14.4 Å². The van der Waals surface area contributed by atoms with Crippen LogP contribution in [0, 0.1) is 11.8 Å². The molecule has 1 fully saturated rings. The van der Waals surface area contributed by atoms with E-state index in [0.29, 0.717) is 31.2 Å². The number of rotatable bonds is 38. The average molecular weight is 788 g/mol. The fourth-order valence-corrected chi connectivity index (χ4v) is 8.44. The molecule has 7 nitrogen and oxygen atoms in total. The zero-order valence-electron chi connectivity index (χ0n) is 37.9. The van der Waals surface area contributed by atoms with Crippen LogP contribution in [-0.2, 0) is 19.1 Å². The van der Waals surface area contributed by atoms with Gasteiger partial charge in [-0.2, -0.15) is 0 Å². The van der Waals surface area contributed by atoms with Crippen LogP contribution in [0.5, 0.6) is 0 Å². The van der Waals surface area contributed by atoms with Gasteiger partial charge in [-0.05, 0) is 96.2 Å². The summed E-state index contributed by atoms with van der Waals surface area (Å²) in [6, 6.07) is -0.550. The Morgan fingerprint density at radius 2 is 1.11 bits per heavy atom. The zero-order chi connectivity index (χ0) is 40.9. The predicted octanol–water partition coefficient (Wildman–Crippen LogP) is 12.7. The highest BCUT2D eigenvalue weighted by Gasteiger charge is 2.34. The first-order chi connectivity index (χ1) is 27.4. The number of unbranched alkanes of at least 4 members (excludes halogenated alkanes) is 22. The number of likely N-dealkylation sites (tertiary alicyclic amines) is 1. The van der Waals surface area contributed by atoms with Gasteiger partial charge >= 0.3 is 5.97 Å². The van der Waals surface area contributed by atoms with Crippen molar-refractivity contribution in [2.75, 3.05) is 40.3 Å². The molecule has 2 atom stereocenters. The molecule has 1 rings (SSSR count). The monoisotopic (exact) mass is 788 g/mol. The van der Waals surface area contributed by atoms with E-state index in [4.69, 9.17) is 4.74 Å². The minimum absolute atomic E-state index is 0.129. The van der Waals surface area contributed by atoms with E-state index in [-0.39, 0.29) is 18.4 Å². The normalized spacial score (nSPS) is 14.9. The number of carbonyl (C=O) groups is 3. The summed E-state index contributed by atoms with van der Waals surface area (Å²) < 4.78 is 4.88. The molecular weight excluding hydrogens is 695 g/mol. The van der Waals surface area contributed by atoms with Gasteiger partial charge in [0, 0.05) is 13.0 Å². The lowest BCUT2D eigenvalue weighted by atomic mass is 9.88. The molecule has 328 valence electrons. The van der Waals surface area contributed by atoms with Crippen molar-refractivity contribution in [1.82, 2.24) is 15.1 Å². The SMILES string of the molecule is CCCCCC/C=C\CCCCCCCCC(=O)N(CC(CCCCCCCC)CCCCCCCCCC)C(CC1CCN(C)CC1)C(=O)NCC(=O)OC. The van der Waals surface area contributed by atoms with Gasteiger partial charge in [-0.15, -0.1) is 0 Å². The van der Waals surface area contributed by atoms with Gasteiger partial charge < -0.3 is 19.9 Å². The van der Waals surface area contributed by atoms with E-state index in [0.717, 1.165) is 58.0 Å². The summed E-state index contributed by atoms with van der Waals surface area (Å²) in [6.07, 6.45) is 42.7. The van der Waals surface area contributed by atoms with Gasteiger partial charge in [0.2, 0.25) is 11.8 Å². The second-order valence-electron chi connectivity index (χ2n) is 17.5. The molecule has 1 aliphatic rings. The quantitative estimate of drug-likeness (QED) is 0.0383. The maximum Gasteiger partial charge on any atom is 0.325 e. The molecule has 1 aliphatic heterocycles. The Morgan fingerprint density at radius 3 is 1.61 bits per heavy atom. The molecule has 0 aromatic heterocycles. The van der Waals surface area contributed by atoms with Crippen molar-refractivity contribution in [2.24, 2.45) is 11.8 Å². The topological polar surface area (TPSA) is 79.0 Å². The summed E-state index contributed by atoms with van der Waals surface area (Å²) in [6.45, 7) is 9.34. The lowest BCUT2D eigenvalue weighted by Crippen LogP contribution is -2.53. The predicted molar refractivity (Wildman–Crippen MR) is 239 cm³/mol. The van der Waals surface area contributed by atoms with E-state index in [1.165, 1.54) is 155 Å². The number of piperidine rings is 1. The number of hydrogen-bond donors (Lipinski definition) is 1. The Bertz CT molecular complexity index is 963. The molecule has 2 unspecified atom stereocenters. The minimum atomic E-state index is -0.550. The van der Waals surface area contributed by atoms with Crippen LogP contribution < -0.4 is 5.32 Å². The molecule has 7 heteroatoms. The first kappa shape index (κ1) is 52.1. The van der Waals surface area contributed by atoms with Crippen LogP contribution in [0.3, 0.4) is 0 Å². The van der Waals surface area contributed by atoms with Gasteiger partial charge in [0.25, 0.3) is 0 Å². The highest BCUT2D eigenvalue weighted by Crippen LogP contribution is 2.28. The summed E-state index contributed by atoms with van der Waals surface area (Å²) in [5, 5.41) is 2.89. The molecule has 0 aliphatic carbocycles. The third kappa shape index (κ3) is 28.5. The fourth-order valence-electron chi connectivity index (χ4n) is 8.44. The number of nitrogens with zero attached hydrogens (tertiary/aromatic N) is 2. The number of carbonyl (C=O) groups excluding carboxylic acids is 3. The standard InChI is InChI=1S/C49H93N3O4/c1-6-9-12-15-18-20-21-22-23-24-25-27-30-33-36-47(53)52(46(49(55)50-42-48(54)56-5)41-44-37-39-51(4)40-38-44)43-45(34-31-28-17-14-11-8-3)35-32-29-26-19-16-13-10-7-2/h20-21,44-46H,6-19,22-43H2,1-5H3,(H,50,55)/b21-20-. The average Bonchev–Trinajstić information content (AvgIpc) is 3.20. The van der Waals surface area contributed by atoms with Crippen molar-refractivity contribution in [1.29, 1.82) is 0 Å². The summed E-state index contributed by atoms with van der Waals surface area (Å²) in [7, 11) is 3.52. The van der Waals surface area contributed by atoms with Gasteiger partial charge in [-0.3, -0.25) is 14.4 Å². The molecule has 0 aromatic carbocycles. The molecule has 56 heavy (non-hydrogen) atoms. The third-order valence-electron chi connectivity index (χ3n) is 12.3. The van der Waals surface area contributed by atoms with E-state index in [2.05, 4.69) is 50.2 Å². The van der Waals surface area contributed by atoms with Crippen molar-refractivity contribution in [3.8, 4) is 0 Å². The van der Waals surface area contributed by atoms with Gasteiger partial charge in [0.15, 0.2) is 0 Å². The molecule has 1 heterocycles. The Kier molecular flexibility index (Phi) is 34.8. The molecule has 0 bridgehead atoms. The highest BCUT2D eigenvalue weighted by molar-refractivity contribution is 5.89. The number of nitrogens with one attached hydrogen (secondary N) is 1. The lowest BCUT2D eigenvalue weighted by molar-refractivity contribution is -0.144. The summed E-state index contributed by atoms with van der Waals surface area (Å²) in [5.74, 6) is 0.260. The van der Waals surface area contributed by atoms with Crippen LogP contribution in [0.2, 0.25) is 0 Å². The Morgan fingerprint density at radius 1 is 0.661 bits per heavy atom. The summed E-state index contributed by atoms with van der Waals surface area (Å²) in [4.78, 5) is 45.0. The number of hydrogen-bond acceptors (Lipinski definition) is 5. The summed E-state index contributed by atoms with van der Waals surface area (Å²) >= 11 is 0. The van der Waals surface area contributed by atoms with Crippen LogP contribution in [0.25, 0.3) is 0 Å². The molecule has 0 radical (unpaired) electrons. The first-order valence-corrected chi connectivity index (χ1v) is 24.3. The maximum atomic E-state index is 14.4. The molecule has 1 saturated heterocycles. The smallest absolute Gasteiger partial charge is 0.325 e. The Labute approximate surface area is 347 Å². The van der Waals surface area contributed by atoms with Crippen LogP contribution >= 0.6 is 0 Å². The zero-order valence-corrected chi connectivity index (χ0v) is 37.9. The van der Waals surface area contributed by atoms with E-state index < -0.39 is 12.0 Å². The number of allylic oxidation sites excluding steroid dienone is 2. The van der Waals surface area contributed by atoms with Crippen molar-refractivity contribution in [3.05, 3.63) is 12.2 Å². The van der Waals surface area contributed by atoms with Crippen LogP contribution in [0.1, 0.15) is 226 Å². The molecule has 0 saturated carbocycles. The number of esters is 1. The first-order valence-electron chi connectivity index (χ1n) is 24.3. The highest BCUT2D eigenvalue weighted by atomic mass is 16.5. The second-order valence-corrected chi connectivity index (χ2v) is 17.5. The maximum absolute atomic E-state index is 14.4. The largest absolute Gasteiger partial charge is 0.468 e. The molecule has 1 N–H and O–H groups in total. The van der Waals surface area contributed by atoms with E-state index in [1.807, 2.05) is 4.90 Å².